The fourth-order valence-corrected chi connectivity index (χ4v) is 4.69. The molecule has 2 aromatic heterocycles. The standard InChI is InChI=1S/C23H23N5O3S/c1-2-14-6-3-4-8-18(14)25-22-27-28-21(30)17-10-9-15(12-19(17)26-23(28)32-22)20(29)24-13-16-7-5-11-31-16/h3-4,6,8-10,12,16H,2,5,7,11,13H2,1H3,(H,24,29)(H,25,27)/t16-/m0/s1. The van der Waals surface area contributed by atoms with Gasteiger partial charge in [0.2, 0.25) is 10.1 Å². The van der Waals surface area contributed by atoms with Crippen LogP contribution < -0.4 is 16.2 Å². The summed E-state index contributed by atoms with van der Waals surface area (Å²) in [6.45, 7) is 3.32. The molecular formula is C23H23N5O3S. The topological polar surface area (TPSA) is 97.6 Å². The summed E-state index contributed by atoms with van der Waals surface area (Å²) in [7, 11) is 0. The number of aryl methyl sites for hydroxylation is 1. The Morgan fingerprint density at radius 2 is 2.16 bits per heavy atom. The first-order valence-electron chi connectivity index (χ1n) is 10.7. The number of carbonyl (C=O) groups is 1. The largest absolute Gasteiger partial charge is 0.376 e. The van der Waals surface area contributed by atoms with Crippen molar-refractivity contribution in [3.63, 3.8) is 0 Å². The lowest BCUT2D eigenvalue weighted by Crippen LogP contribution is -2.31. The van der Waals surface area contributed by atoms with Crippen molar-refractivity contribution in [3.05, 3.63) is 63.9 Å². The molecule has 0 unspecified atom stereocenters. The maximum Gasteiger partial charge on any atom is 0.283 e. The summed E-state index contributed by atoms with van der Waals surface area (Å²) in [5.41, 5.74) is 2.80. The molecule has 1 saturated heterocycles. The molecule has 0 radical (unpaired) electrons. The van der Waals surface area contributed by atoms with Crippen LogP contribution in [-0.4, -0.2) is 39.8 Å². The molecule has 2 N–H and O–H groups in total. The Balaban J connectivity index is 1.44. The summed E-state index contributed by atoms with van der Waals surface area (Å²) in [5.74, 6) is -0.202. The van der Waals surface area contributed by atoms with Crippen LogP contribution in [0.3, 0.4) is 0 Å². The second-order valence-electron chi connectivity index (χ2n) is 7.73. The van der Waals surface area contributed by atoms with Gasteiger partial charge in [0.15, 0.2) is 0 Å². The van der Waals surface area contributed by atoms with E-state index >= 15 is 0 Å². The predicted molar refractivity (Wildman–Crippen MR) is 125 cm³/mol. The van der Waals surface area contributed by atoms with Crippen molar-refractivity contribution in [2.75, 3.05) is 18.5 Å². The Morgan fingerprint density at radius 3 is 2.97 bits per heavy atom. The van der Waals surface area contributed by atoms with Gasteiger partial charge in [-0.2, -0.15) is 4.52 Å². The summed E-state index contributed by atoms with van der Waals surface area (Å²) in [6, 6.07) is 12.9. The molecule has 3 heterocycles. The van der Waals surface area contributed by atoms with Gasteiger partial charge in [0.05, 0.1) is 17.0 Å². The van der Waals surface area contributed by atoms with Crippen molar-refractivity contribution in [3.8, 4) is 0 Å². The summed E-state index contributed by atoms with van der Waals surface area (Å²) in [5, 5.41) is 11.6. The molecule has 32 heavy (non-hydrogen) atoms. The highest BCUT2D eigenvalue weighted by atomic mass is 32.1. The highest BCUT2D eigenvalue weighted by Crippen LogP contribution is 2.25. The number of hydrogen-bond donors (Lipinski definition) is 2. The van der Waals surface area contributed by atoms with Crippen LogP contribution in [0.1, 0.15) is 35.7 Å². The van der Waals surface area contributed by atoms with Crippen LogP contribution in [0.5, 0.6) is 0 Å². The minimum absolute atomic E-state index is 0.0720. The average molecular weight is 450 g/mol. The van der Waals surface area contributed by atoms with Crippen molar-refractivity contribution in [1.29, 1.82) is 0 Å². The third-order valence-corrected chi connectivity index (χ3v) is 6.44. The van der Waals surface area contributed by atoms with Crippen LogP contribution in [0.4, 0.5) is 10.8 Å². The van der Waals surface area contributed by atoms with Gasteiger partial charge in [0.25, 0.3) is 11.5 Å². The lowest BCUT2D eigenvalue weighted by Gasteiger charge is -2.11. The molecule has 0 saturated carbocycles. The highest BCUT2D eigenvalue weighted by Gasteiger charge is 2.18. The van der Waals surface area contributed by atoms with Crippen molar-refractivity contribution in [2.24, 2.45) is 0 Å². The van der Waals surface area contributed by atoms with Crippen LogP contribution in [0.2, 0.25) is 0 Å². The Hall–Kier alpha value is -3.30. The number of amides is 1. The average Bonchev–Trinajstić information content (AvgIpc) is 3.47. The molecule has 4 aromatic rings. The van der Waals surface area contributed by atoms with Gasteiger partial charge in [-0.25, -0.2) is 4.98 Å². The molecule has 0 bridgehead atoms. The number of anilines is 2. The SMILES string of the molecule is CCc1ccccc1Nc1nn2c(=O)c3ccc(C(=O)NC[C@@H]4CCCO4)cc3nc2s1. The van der Waals surface area contributed by atoms with Crippen molar-refractivity contribution < 1.29 is 9.53 Å². The first-order valence-corrected chi connectivity index (χ1v) is 11.5. The van der Waals surface area contributed by atoms with E-state index in [0.717, 1.165) is 37.1 Å². The first kappa shape index (κ1) is 20.6. The number of rotatable bonds is 6. The van der Waals surface area contributed by atoms with Gasteiger partial charge in [0.1, 0.15) is 0 Å². The van der Waals surface area contributed by atoms with Crippen LogP contribution in [0.15, 0.2) is 47.3 Å². The molecule has 2 aromatic carbocycles. The number of hydrogen-bond acceptors (Lipinski definition) is 7. The van der Waals surface area contributed by atoms with Gasteiger partial charge in [-0.05, 0) is 49.1 Å². The Kier molecular flexibility index (Phi) is 5.59. The zero-order chi connectivity index (χ0) is 22.1. The van der Waals surface area contributed by atoms with Crippen LogP contribution >= 0.6 is 11.3 Å². The lowest BCUT2D eigenvalue weighted by molar-refractivity contribution is 0.0858. The number of benzene rings is 2. The van der Waals surface area contributed by atoms with Crippen LogP contribution in [0.25, 0.3) is 15.9 Å². The maximum absolute atomic E-state index is 13.0. The fourth-order valence-electron chi connectivity index (χ4n) is 3.88. The van der Waals surface area contributed by atoms with E-state index in [2.05, 4.69) is 33.7 Å². The maximum atomic E-state index is 13.0. The zero-order valence-corrected chi connectivity index (χ0v) is 18.4. The number of aromatic nitrogens is 3. The summed E-state index contributed by atoms with van der Waals surface area (Å²) in [4.78, 5) is 30.6. The number of fused-ring (bicyclic) bond motifs is 2. The molecule has 8 nitrogen and oxygen atoms in total. The molecule has 1 aliphatic heterocycles. The van der Waals surface area contributed by atoms with Gasteiger partial charge >= 0.3 is 0 Å². The van der Waals surface area contributed by atoms with Gasteiger partial charge in [-0.15, -0.1) is 5.10 Å². The molecule has 1 atom stereocenters. The molecule has 5 rings (SSSR count). The molecule has 0 aliphatic carbocycles. The van der Waals surface area contributed by atoms with Crippen LogP contribution in [-0.2, 0) is 11.2 Å². The number of nitrogens with one attached hydrogen (secondary N) is 2. The molecule has 1 fully saturated rings. The number of nitrogens with zero attached hydrogens (tertiary/aromatic N) is 3. The highest BCUT2D eigenvalue weighted by molar-refractivity contribution is 7.20. The van der Waals surface area contributed by atoms with Crippen molar-refractivity contribution in [2.45, 2.75) is 32.3 Å². The third-order valence-electron chi connectivity index (χ3n) is 5.61. The normalized spacial score (nSPS) is 16.0. The van der Waals surface area contributed by atoms with Gasteiger partial charge in [-0.1, -0.05) is 36.5 Å². The predicted octanol–water partition coefficient (Wildman–Crippen LogP) is 3.52. The minimum atomic E-state index is -0.260. The molecule has 0 spiro atoms. The Labute approximate surface area is 188 Å². The van der Waals surface area contributed by atoms with E-state index in [4.69, 9.17) is 4.74 Å². The summed E-state index contributed by atoms with van der Waals surface area (Å²) < 4.78 is 6.86. The van der Waals surface area contributed by atoms with E-state index in [9.17, 15) is 9.59 Å². The molecule has 1 aliphatic rings. The van der Waals surface area contributed by atoms with E-state index in [0.29, 0.717) is 33.1 Å². The summed E-state index contributed by atoms with van der Waals surface area (Å²) >= 11 is 1.29. The van der Waals surface area contributed by atoms with E-state index in [1.807, 2.05) is 18.2 Å². The van der Waals surface area contributed by atoms with Crippen molar-refractivity contribution >= 4 is 43.9 Å². The van der Waals surface area contributed by atoms with E-state index < -0.39 is 0 Å². The zero-order valence-electron chi connectivity index (χ0n) is 17.6. The van der Waals surface area contributed by atoms with Gasteiger partial charge in [0, 0.05) is 24.4 Å². The number of para-hydroxylation sites is 1. The Bertz CT molecular complexity index is 1360. The second-order valence-corrected chi connectivity index (χ2v) is 8.69. The smallest absolute Gasteiger partial charge is 0.283 e. The first-order chi connectivity index (χ1) is 15.6. The van der Waals surface area contributed by atoms with Crippen LogP contribution in [0, 0.1) is 0 Å². The molecule has 1 amide bonds. The minimum Gasteiger partial charge on any atom is -0.376 e. The van der Waals surface area contributed by atoms with E-state index in [-0.39, 0.29) is 17.6 Å². The van der Waals surface area contributed by atoms with Crippen molar-refractivity contribution in [1.82, 2.24) is 19.9 Å². The molecule has 9 heteroatoms. The summed E-state index contributed by atoms with van der Waals surface area (Å²) in [6.07, 6.45) is 2.94. The van der Waals surface area contributed by atoms with Gasteiger partial charge < -0.3 is 15.4 Å². The second kappa shape index (κ2) is 8.68. The third kappa shape index (κ3) is 3.96. The monoisotopic (exact) mass is 449 g/mol. The quantitative estimate of drug-likeness (QED) is 0.467. The fraction of sp³-hybridized carbons (Fsp3) is 0.304. The number of carbonyl (C=O) groups excluding carboxylic acids is 1. The molecule has 164 valence electrons. The molecular weight excluding hydrogens is 426 g/mol. The van der Waals surface area contributed by atoms with E-state index in [1.54, 1.807) is 18.2 Å². The number of ether oxygens (including phenoxy) is 1. The Morgan fingerprint density at radius 1 is 1.28 bits per heavy atom. The van der Waals surface area contributed by atoms with E-state index in [1.165, 1.54) is 15.9 Å². The lowest BCUT2D eigenvalue weighted by atomic mass is 10.1. The van der Waals surface area contributed by atoms with Gasteiger partial charge in [-0.3, -0.25) is 9.59 Å².